The molecule has 4 heteroatoms. The minimum atomic E-state index is -0.369. The Morgan fingerprint density at radius 3 is 3.00 bits per heavy atom. The number of hydrazine groups is 1. The van der Waals surface area contributed by atoms with Crippen LogP contribution in [0.15, 0.2) is 30.5 Å². The number of halogens is 1. The molecular weight excluding hydrogens is 169 g/mol. The number of fused-ring (bicyclic) bond motifs is 1. The van der Waals surface area contributed by atoms with E-state index in [4.69, 9.17) is 5.84 Å². The van der Waals surface area contributed by atoms with E-state index < -0.39 is 0 Å². The first-order valence-electron chi connectivity index (χ1n) is 3.82. The van der Waals surface area contributed by atoms with Crippen LogP contribution in [0.5, 0.6) is 0 Å². The highest BCUT2D eigenvalue weighted by molar-refractivity contribution is 5.82. The van der Waals surface area contributed by atoms with Gasteiger partial charge in [0.25, 0.3) is 0 Å². The Morgan fingerprint density at radius 2 is 2.23 bits per heavy atom. The van der Waals surface area contributed by atoms with E-state index in [2.05, 4.69) is 10.4 Å². The van der Waals surface area contributed by atoms with Gasteiger partial charge in [0.2, 0.25) is 0 Å². The maximum Gasteiger partial charge on any atom is 0.151 e. The van der Waals surface area contributed by atoms with Gasteiger partial charge < -0.3 is 5.43 Å². The van der Waals surface area contributed by atoms with Crippen molar-refractivity contribution in [2.24, 2.45) is 5.84 Å². The van der Waals surface area contributed by atoms with Crippen LogP contribution in [-0.4, -0.2) is 4.98 Å². The molecule has 0 radical (unpaired) electrons. The molecule has 0 aliphatic heterocycles. The first-order chi connectivity index (χ1) is 6.31. The first kappa shape index (κ1) is 7.94. The van der Waals surface area contributed by atoms with Crippen LogP contribution in [-0.2, 0) is 0 Å². The maximum absolute atomic E-state index is 13.3. The van der Waals surface area contributed by atoms with Crippen molar-refractivity contribution in [3.05, 3.63) is 36.3 Å². The Labute approximate surface area is 74.4 Å². The lowest BCUT2D eigenvalue weighted by molar-refractivity contribution is 0.637. The molecule has 1 aromatic carbocycles. The summed E-state index contributed by atoms with van der Waals surface area (Å²) in [4.78, 5) is 3.91. The van der Waals surface area contributed by atoms with E-state index in [1.807, 2.05) is 0 Å². The lowest BCUT2D eigenvalue weighted by atomic mass is 10.2. The summed E-state index contributed by atoms with van der Waals surface area (Å²) in [6, 6.07) is 6.59. The van der Waals surface area contributed by atoms with Crippen molar-refractivity contribution in [1.29, 1.82) is 0 Å². The van der Waals surface area contributed by atoms with E-state index in [1.165, 1.54) is 6.07 Å². The SMILES string of the molecule is NNc1cc(F)c2ncccc2c1. The second-order valence-electron chi connectivity index (χ2n) is 2.68. The van der Waals surface area contributed by atoms with E-state index in [0.29, 0.717) is 11.2 Å². The summed E-state index contributed by atoms with van der Waals surface area (Å²) in [7, 11) is 0. The number of nitrogens with two attached hydrogens (primary N) is 1. The fraction of sp³-hybridized carbons (Fsp3) is 0. The molecule has 0 fully saturated rings. The third-order valence-corrected chi connectivity index (χ3v) is 1.83. The van der Waals surface area contributed by atoms with Crippen LogP contribution in [0.4, 0.5) is 10.1 Å². The van der Waals surface area contributed by atoms with Gasteiger partial charge in [-0.3, -0.25) is 10.8 Å². The molecular formula is C9H8FN3. The molecule has 0 bridgehead atoms. The number of hydrogen-bond donors (Lipinski definition) is 2. The van der Waals surface area contributed by atoms with Crippen molar-refractivity contribution in [3.63, 3.8) is 0 Å². The van der Waals surface area contributed by atoms with Crippen LogP contribution >= 0.6 is 0 Å². The molecule has 66 valence electrons. The standard InChI is InChI=1S/C9H8FN3/c10-8-5-7(13-11)4-6-2-1-3-12-9(6)8/h1-5,13H,11H2. The van der Waals surface area contributed by atoms with Crippen molar-refractivity contribution in [1.82, 2.24) is 4.98 Å². The van der Waals surface area contributed by atoms with Crippen LogP contribution in [0, 0.1) is 5.82 Å². The van der Waals surface area contributed by atoms with Crippen LogP contribution < -0.4 is 11.3 Å². The highest BCUT2D eigenvalue weighted by Crippen LogP contribution is 2.19. The van der Waals surface area contributed by atoms with Crippen LogP contribution in [0.25, 0.3) is 10.9 Å². The number of pyridine rings is 1. The largest absolute Gasteiger partial charge is 0.324 e. The summed E-state index contributed by atoms with van der Waals surface area (Å²) in [6.07, 6.45) is 1.56. The lowest BCUT2D eigenvalue weighted by Gasteiger charge is -2.02. The predicted molar refractivity (Wildman–Crippen MR) is 49.5 cm³/mol. The Kier molecular flexibility index (Phi) is 1.83. The third-order valence-electron chi connectivity index (χ3n) is 1.83. The van der Waals surface area contributed by atoms with Gasteiger partial charge in [-0.15, -0.1) is 0 Å². The Balaban J connectivity index is 2.77. The van der Waals surface area contributed by atoms with Gasteiger partial charge in [0, 0.05) is 17.6 Å². The minimum absolute atomic E-state index is 0.363. The molecule has 0 aliphatic rings. The molecule has 13 heavy (non-hydrogen) atoms. The second-order valence-corrected chi connectivity index (χ2v) is 2.68. The van der Waals surface area contributed by atoms with Gasteiger partial charge in [-0.2, -0.15) is 0 Å². The second kappa shape index (κ2) is 2.99. The molecule has 1 aromatic heterocycles. The quantitative estimate of drug-likeness (QED) is 0.514. The van der Waals surface area contributed by atoms with Gasteiger partial charge in [-0.05, 0) is 12.1 Å². The van der Waals surface area contributed by atoms with E-state index in [9.17, 15) is 4.39 Å². The van der Waals surface area contributed by atoms with Crippen molar-refractivity contribution < 1.29 is 4.39 Å². The average Bonchev–Trinajstić information content (AvgIpc) is 2.18. The monoisotopic (exact) mass is 177 g/mol. The van der Waals surface area contributed by atoms with Gasteiger partial charge in [-0.1, -0.05) is 6.07 Å². The van der Waals surface area contributed by atoms with Crippen molar-refractivity contribution in [2.75, 3.05) is 5.43 Å². The Bertz CT molecular complexity index is 442. The molecule has 3 nitrogen and oxygen atoms in total. The van der Waals surface area contributed by atoms with E-state index in [1.54, 1.807) is 24.4 Å². The summed E-state index contributed by atoms with van der Waals surface area (Å²) < 4.78 is 13.3. The highest BCUT2D eigenvalue weighted by Gasteiger charge is 2.02. The summed E-state index contributed by atoms with van der Waals surface area (Å²) in [6.45, 7) is 0. The van der Waals surface area contributed by atoms with Crippen LogP contribution in [0.2, 0.25) is 0 Å². The number of nitrogen functional groups attached to an aromatic ring is 1. The maximum atomic E-state index is 13.3. The molecule has 0 aliphatic carbocycles. The average molecular weight is 177 g/mol. The fourth-order valence-corrected chi connectivity index (χ4v) is 1.23. The van der Waals surface area contributed by atoms with Crippen molar-refractivity contribution in [2.45, 2.75) is 0 Å². The predicted octanol–water partition coefficient (Wildman–Crippen LogP) is 1.66. The zero-order valence-corrected chi connectivity index (χ0v) is 6.79. The van der Waals surface area contributed by atoms with E-state index in [0.717, 1.165) is 5.39 Å². The molecule has 0 spiro atoms. The number of nitrogens with one attached hydrogen (secondary N) is 1. The molecule has 2 rings (SSSR count). The molecule has 0 unspecified atom stereocenters. The van der Waals surface area contributed by atoms with E-state index in [-0.39, 0.29) is 5.82 Å². The summed E-state index contributed by atoms with van der Waals surface area (Å²) >= 11 is 0. The molecule has 0 atom stereocenters. The fourth-order valence-electron chi connectivity index (χ4n) is 1.23. The number of hydrogen-bond acceptors (Lipinski definition) is 3. The summed E-state index contributed by atoms with van der Waals surface area (Å²) in [5.41, 5.74) is 3.29. The molecule has 0 saturated carbocycles. The van der Waals surface area contributed by atoms with Gasteiger partial charge in [0.15, 0.2) is 5.82 Å². The molecule has 0 saturated heterocycles. The molecule has 3 N–H and O–H groups in total. The normalized spacial score (nSPS) is 10.3. The first-order valence-corrected chi connectivity index (χ1v) is 3.82. The molecule has 1 heterocycles. The lowest BCUT2D eigenvalue weighted by Crippen LogP contribution is -2.06. The Morgan fingerprint density at radius 1 is 1.38 bits per heavy atom. The Hall–Kier alpha value is -1.68. The van der Waals surface area contributed by atoms with Gasteiger partial charge >= 0.3 is 0 Å². The van der Waals surface area contributed by atoms with Gasteiger partial charge in [0.1, 0.15) is 5.52 Å². The minimum Gasteiger partial charge on any atom is -0.324 e. The topological polar surface area (TPSA) is 50.9 Å². The van der Waals surface area contributed by atoms with Crippen LogP contribution in [0.1, 0.15) is 0 Å². The highest BCUT2D eigenvalue weighted by atomic mass is 19.1. The number of benzene rings is 1. The van der Waals surface area contributed by atoms with Crippen molar-refractivity contribution in [3.8, 4) is 0 Å². The summed E-state index contributed by atoms with van der Waals surface area (Å²) in [5.74, 6) is 4.80. The molecule has 2 aromatic rings. The number of rotatable bonds is 1. The third kappa shape index (κ3) is 1.31. The van der Waals surface area contributed by atoms with Crippen LogP contribution in [0.3, 0.4) is 0 Å². The zero-order chi connectivity index (χ0) is 9.26. The zero-order valence-electron chi connectivity index (χ0n) is 6.79. The van der Waals surface area contributed by atoms with Gasteiger partial charge in [0.05, 0.1) is 5.69 Å². The number of anilines is 1. The van der Waals surface area contributed by atoms with Gasteiger partial charge in [-0.25, -0.2) is 4.39 Å². The molecule has 0 amide bonds. The number of aromatic nitrogens is 1. The smallest absolute Gasteiger partial charge is 0.151 e. The van der Waals surface area contributed by atoms with Crippen molar-refractivity contribution >= 4 is 16.6 Å². The van der Waals surface area contributed by atoms with E-state index >= 15 is 0 Å². The number of nitrogens with zero attached hydrogens (tertiary/aromatic N) is 1. The summed E-state index contributed by atoms with van der Waals surface area (Å²) in [5, 5.41) is 0.732.